The standard InChI is InChI=1S/C23H23BrN2O5S/c1-3-22(31-20-12-10-19(30-2)11-13-20)23(27)25-17-8-14-21(15-9-17)32(28,29)26-18-6-4-16(24)5-7-18/h4-15,22,26H,3H2,1-2H3,(H,25,27)/t22-/m1/s1. The minimum absolute atomic E-state index is 0.0833. The summed E-state index contributed by atoms with van der Waals surface area (Å²) in [6.07, 6.45) is -0.243. The number of hydrogen-bond acceptors (Lipinski definition) is 5. The van der Waals surface area contributed by atoms with E-state index in [4.69, 9.17) is 9.47 Å². The van der Waals surface area contributed by atoms with Crippen LogP contribution in [0.15, 0.2) is 82.2 Å². The number of anilines is 2. The van der Waals surface area contributed by atoms with Crippen LogP contribution in [0.2, 0.25) is 0 Å². The highest BCUT2D eigenvalue weighted by Gasteiger charge is 2.19. The maximum absolute atomic E-state index is 12.6. The number of amides is 1. The van der Waals surface area contributed by atoms with Gasteiger partial charge in [0.15, 0.2) is 6.10 Å². The van der Waals surface area contributed by atoms with Crippen molar-refractivity contribution in [2.45, 2.75) is 24.3 Å². The summed E-state index contributed by atoms with van der Waals surface area (Å²) < 4.78 is 39.4. The number of halogens is 1. The van der Waals surface area contributed by atoms with Gasteiger partial charge in [0.2, 0.25) is 0 Å². The molecule has 0 heterocycles. The molecule has 7 nitrogen and oxygen atoms in total. The quantitative estimate of drug-likeness (QED) is 0.413. The number of nitrogens with one attached hydrogen (secondary N) is 2. The van der Waals surface area contributed by atoms with Crippen LogP contribution in [0.4, 0.5) is 11.4 Å². The molecule has 0 bridgehead atoms. The minimum Gasteiger partial charge on any atom is -0.497 e. The molecule has 0 saturated carbocycles. The summed E-state index contributed by atoms with van der Waals surface area (Å²) in [6.45, 7) is 1.84. The third-order valence-electron chi connectivity index (χ3n) is 4.53. The van der Waals surface area contributed by atoms with Crippen LogP contribution in [0, 0.1) is 0 Å². The molecule has 0 aliphatic carbocycles. The first kappa shape index (κ1) is 23.6. The Morgan fingerprint density at radius 3 is 2.03 bits per heavy atom. The van der Waals surface area contributed by atoms with Gasteiger partial charge in [-0.1, -0.05) is 22.9 Å². The zero-order valence-electron chi connectivity index (χ0n) is 17.5. The van der Waals surface area contributed by atoms with Crippen molar-refractivity contribution in [3.63, 3.8) is 0 Å². The molecular formula is C23H23BrN2O5S. The molecule has 0 aliphatic rings. The highest BCUT2D eigenvalue weighted by atomic mass is 79.9. The van der Waals surface area contributed by atoms with E-state index in [1.807, 2.05) is 6.92 Å². The van der Waals surface area contributed by atoms with Gasteiger partial charge in [0.05, 0.1) is 12.0 Å². The van der Waals surface area contributed by atoms with Gasteiger partial charge in [0.1, 0.15) is 11.5 Å². The van der Waals surface area contributed by atoms with Crippen molar-refractivity contribution < 1.29 is 22.7 Å². The Bertz CT molecular complexity index is 1150. The van der Waals surface area contributed by atoms with Crippen molar-refractivity contribution in [1.29, 1.82) is 0 Å². The molecule has 32 heavy (non-hydrogen) atoms. The van der Waals surface area contributed by atoms with Gasteiger partial charge >= 0.3 is 0 Å². The third kappa shape index (κ3) is 6.24. The van der Waals surface area contributed by atoms with E-state index in [2.05, 4.69) is 26.0 Å². The maximum Gasteiger partial charge on any atom is 0.265 e. The van der Waals surface area contributed by atoms with Gasteiger partial charge < -0.3 is 14.8 Å². The van der Waals surface area contributed by atoms with Crippen molar-refractivity contribution in [2.24, 2.45) is 0 Å². The summed E-state index contributed by atoms with van der Waals surface area (Å²) in [6, 6.07) is 19.7. The Morgan fingerprint density at radius 1 is 0.906 bits per heavy atom. The summed E-state index contributed by atoms with van der Waals surface area (Å²) in [5, 5.41) is 2.76. The minimum atomic E-state index is -3.75. The molecule has 0 radical (unpaired) electrons. The highest BCUT2D eigenvalue weighted by molar-refractivity contribution is 9.10. The maximum atomic E-state index is 12.6. The van der Waals surface area contributed by atoms with Crippen molar-refractivity contribution in [3.8, 4) is 11.5 Å². The second-order valence-corrected chi connectivity index (χ2v) is 9.41. The van der Waals surface area contributed by atoms with Crippen LogP contribution in [0.5, 0.6) is 11.5 Å². The van der Waals surface area contributed by atoms with Crippen LogP contribution < -0.4 is 19.5 Å². The van der Waals surface area contributed by atoms with Gasteiger partial charge in [-0.3, -0.25) is 9.52 Å². The first-order valence-corrected chi connectivity index (χ1v) is 12.1. The van der Waals surface area contributed by atoms with Gasteiger partial charge in [-0.2, -0.15) is 0 Å². The van der Waals surface area contributed by atoms with Gasteiger partial charge in [0, 0.05) is 15.8 Å². The monoisotopic (exact) mass is 518 g/mol. The zero-order valence-corrected chi connectivity index (χ0v) is 19.9. The first-order valence-electron chi connectivity index (χ1n) is 9.81. The molecule has 1 atom stereocenters. The molecule has 1 amide bonds. The summed E-state index contributed by atoms with van der Waals surface area (Å²) in [7, 11) is -2.18. The topological polar surface area (TPSA) is 93.7 Å². The Labute approximate surface area is 195 Å². The second-order valence-electron chi connectivity index (χ2n) is 6.82. The van der Waals surface area contributed by atoms with Crippen LogP contribution in [0.1, 0.15) is 13.3 Å². The zero-order chi connectivity index (χ0) is 23.1. The molecule has 3 aromatic rings. The molecule has 0 fully saturated rings. The first-order chi connectivity index (χ1) is 15.3. The van der Waals surface area contributed by atoms with Crippen molar-refractivity contribution in [2.75, 3.05) is 17.1 Å². The van der Waals surface area contributed by atoms with E-state index in [9.17, 15) is 13.2 Å². The van der Waals surface area contributed by atoms with Crippen molar-refractivity contribution in [3.05, 3.63) is 77.3 Å². The Morgan fingerprint density at radius 2 is 1.47 bits per heavy atom. The predicted octanol–water partition coefficient (Wildman–Crippen LogP) is 5.05. The van der Waals surface area contributed by atoms with Gasteiger partial charge in [0.25, 0.3) is 15.9 Å². The fourth-order valence-corrected chi connectivity index (χ4v) is 4.14. The number of methoxy groups -OCH3 is 1. The smallest absolute Gasteiger partial charge is 0.265 e. The SMILES string of the molecule is CC[C@@H](Oc1ccc(OC)cc1)C(=O)Nc1ccc(S(=O)(=O)Nc2ccc(Br)cc2)cc1. The Balaban J connectivity index is 1.64. The molecule has 2 N–H and O–H groups in total. The molecule has 0 saturated heterocycles. The number of carbonyl (C=O) groups is 1. The Kier molecular flexibility index (Phi) is 7.76. The van der Waals surface area contributed by atoms with E-state index in [0.29, 0.717) is 29.3 Å². The van der Waals surface area contributed by atoms with Crippen molar-refractivity contribution in [1.82, 2.24) is 0 Å². The predicted molar refractivity (Wildman–Crippen MR) is 128 cm³/mol. The second kappa shape index (κ2) is 10.5. The average molecular weight is 519 g/mol. The van der Waals surface area contributed by atoms with E-state index in [1.54, 1.807) is 55.6 Å². The van der Waals surface area contributed by atoms with Gasteiger partial charge in [-0.05, 0) is 79.2 Å². The molecule has 0 unspecified atom stereocenters. The Hall–Kier alpha value is -3.04. The average Bonchev–Trinajstić information content (AvgIpc) is 2.79. The van der Waals surface area contributed by atoms with Crippen LogP contribution in [0.25, 0.3) is 0 Å². The van der Waals surface area contributed by atoms with Crippen LogP contribution in [0.3, 0.4) is 0 Å². The summed E-state index contributed by atoms with van der Waals surface area (Å²) in [5.74, 6) is 0.916. The van der Waals surface area contributed by atoms with E-state index >= 15 is 0 Å². The molecule has 0 aliphatic heterocycles. The molecule has 0 spiro atoms. The molecule has 168 valence electrons. The van der Waals surface area contributed by atoms with Crippen molar-refractivity contribution >= 4 is 43.2 Å². The number of benzene rings is 3. The summed E-state index contributed by atoms with van der Waals surface area (Å²) in [4.78, 5) is 12.7. The van der Waals surface area contributed by atoms with E-state index in [1.165, 1.54) is 24.3 Å². The lowest BCUT2D eigenvalue weighted by Gasteiger charge is -2.17. The lowest BCUT2D eigenvalue weighted by atomic mass is 10.2. The molecular weight excluding hydrogens is 496 g/mol. The molecule has 9 heteroatoms. The van der Waals surface area contributed by atoms with Gasteiger partial charge in [-0.15, -0.1) is 0 Å². The fourth-order valence-electron chi connectivity index (χ4n) is 2.81. The molecule has 3 rings (SSSR count). The largest absolute Gasteiger partial charge is 0.497 e. The third-order valence-corrected chi connectivity index (χ3v) is 6.46. The normalized spacial score (nSPS) is 12.0. The number of sulfonamides is 1. The summed E-state index contributed by atoms with van der Waals surface area (Å²) >= 11 is 3.31. The number of rotatable bonds is 9. The van der Waals surface area contributed by atoms with Crippen LogP contribution in [-0.2, 0) is 14.8 Å². The van der Waals surface area contributed by atoms with Crippen LogP contribution >= 0.6 is 15.9 Å². The van der Waals surface area contributed by atoms with Gasteiger partial charge in [-0.25, -0.2) is 8.42 Å². The lowest BCUT2D eigenvalue weighted by Crippen LogP contribution is -2.32. The number of ether oxygens (including phenoxy) is 2. The molecule has 0 aromatic heterocycles. The lowest BCUT2D eigenvalue weighted by molar-refractivity contribution is -0.122. The number of carbonyl (C=O) groups excluding carboxylic acids is 1. The van der Waals surface area contributed by atoms with E-state index < -0.39 is 16.1 Å². The fraction of sp³-hybridized carbons (Fsp3) is 0.174. The summed E-state index contributed by atoms with van der Waals surface area (Å²) in [5.41, 5.74) is 0.918. The van der Waals surface area contributed by atoms with Crippen LogP contribution in [-0.4, -0.2) is 27.5 Å². The van der Waals surface area contributed by atoms with E-state index in [-0.39, 0.29) is 10.8 Å². The molecule has 3 aromatic carbocycles. The highest BCUT2D eigenvalue weighted by Crippen LogP contribution is 2.22. The van der Waals surface area contributed by atoms with E-state index in [0.717, 1.165) is 4.47 Å². The number of hydrogen-bond donors (Lipinski definition) is 2.